The largest absolute Gasteiger partial charge is 0.379 e. The number of hydrogen-bond donors (Lipinski definition) is 1. The van der Waals surface area contributed by atoms with Crippen LogP contribution in [-0.4, -0.2) is 16.7 Å². The van der Waals surface area contributed by atoms with Crippen molar-refractivity contribution in [3.05, 3.63) is 70.4 Å². The molecule has 0 unspecified atom stereocenters. The van der Waals surface area contributed by atoms with Gasteiger partial charge in [-0.2, -0.15) is 0 Å². The molecular formula is C21H20ClFN2OS2. The molecule has 1 aromatic heterocycles. The molecule has 2 N–H and O–H groups in total. The number of halogens is 2. The third kappa shape index (κ3) is 4.09. The van der Waals surface area contributed by atoms with Crippen molar-refractivity contribution < 1.29 is 9.18 Å². The summed E-state index contributed by atoms with van der Waals surface area (Å²) in [5.74, 6) is 0.538. The van der Waals surface area contributed by atoms with Gasteiger partial charge in [0.2, 0.25) is 0 Å². The Morgan fingerprint density at radius 2 is 2.04 bits per heavy atom. The van der Waals surface area contributed by atoms with Crippen molar-refractivity contribution in [1.82, 2.24) is 0 Å². The van der Waals surface area contributed by atoms with Crippen LogP contribution in [0, 0.1) is 5.82 Å². The van der Waals surface area contributed by atoms with Crippen LogP contribution in [0.3, 0.4) is 0 Å². The molecule has 3 nitrogen and oxygen atoms in total. The molecular weight excluding hydrogens is 415 g/mol. The molecule has 4 rings (SSSR count). The van der Waals surface area contributed by atoms with Gasteiger partial charge in [-0.25, -0.2) is 4.39 Å². The van der Waals surface area contributed by atoms with Gasteiger partial charge in [-0.15, -0.1) is 23.7 Å². The van der Waals surface area contributed by atoms with E-state index in [0.717, 1.165) is 26.3 Å². The lowest BCUT2D eigenvalue weighted by Gasteiger charge is -2.30. The molecule has 0 fully saturated rings. The lowest BCUT2D eigenvalue weighted by Crippen LogP contribution is -2.29. The van der Waals surface area contributed by atoms with Gasteiger partial charge in [0.25, 0.3) is 0 Å². The fraction of sp³-hybridized carbons (Fsp3) is 0.238. The molecule has 1 atom stereocenters. The number of nitrogens with two attached hydrogens (primary N) is 1. The van der Waals surface area contributed by atoms with Crippen LogP contribution >= 0.6 is 35.5 Å². The number of hydrogen-bond acceptors (Lipinski definition) is 5. The fourth-order valence-electron chi connectivity index (χ4n) is 3.37. The van der Waals surface area contributed by atoms with Crippen LogP contribution in [0.25, 0.3) is 10.1 Å². The predicted octanol–water partition coefficient (Wildman–Crippen LogP) is 5.55. The topological polar surface area (TPSA) is 55.5 Å². The summed E-state index contributed by atoms with van der Waals surface area (Å²) in [5.41, 5.74) is 6.48. The van der Waals surface area contributed by atoms with E-state index in [9.17, 15) is 9.18 Å². The number of carbonyl (C=O) groups is 1. The Labute approximate surface area is 177 Å². The first-order valence-electron chi connectivity index (χ1n) is 8.73. The highest BCUT2D eigenvalue weighted by molar-refractivity contribution is 8.13. The van der Waals surface area contributed by atoms with E-state index in [-0.39, 0.29) is 30.4 Å². The first-order valence-corrected chi connectivity index (χ1v) is 10.5. The third-order valence-corrected chi connectivity index (χ3v) is 6.82. The number of carbonyl (C=O) groups excluding carboxylic acids is 1. The molecule has 0 aliphatic carbocycles. The second-order valence-corrected chi connectivity index (χ2v) is 9.08. The Balaban J connectivity index is 0.00000225. The average molecular weight is 435 g/mol. The van der Waals surface area contributed by atoms with Gasteiger partial charge < -0.3 is 5.73 Å². The Kier molecular flexibility index (Phi) is 6.12. The van der Waals surface area contributed by atoms with Crippen molar-refractivity contribution in [2.75, 3.05) is 5.75 Å². The second kappa shape index (κ2) is 8.23. The number of thiophene rings is 1. The van der Waals surface area contributed by atoms with Crippen molar-refractivity contribution in [2.45, 2.75) is 25.3 Å². The number of amidine groups is 1. The minimum atomic E-state index is -0.684. The number of benzene rings is 2. The van der Waals surface area contributed by atoms with E-state index in [0.29, 0.717) is 17.2 Å². The summed E-state index contributed by atoms with van der Waals surface area (Å²) < 4.78 is 15.6. The molecule has 2 aromatic carbocycles. The van der Waals surface area contributed by atoms with Gasteiger partial charge in [0.15, 0.2) is 11.0 Å². The molecule has 0 saturated carbocycles. The monoisotopic (exact) mass is 434 g/mol. The standard InChI is InChI=1S/C21H19FN2OS2.ClH/c1-21(8-9-26-20(23)24-21)15-10-13(6-7-16(15)22)11-17(25)19-12-14-4-2-3-5-18(14)27-19;/h2-7,10,12H,8-9,11H2,1H3,(H2,23,24);1H/t21-;/m0./s1. The summed E-state index contributed by atoms with van der Waals surface area (Å²) in [6, 6.07) is 14.8. The van der Waals surface area contributed by atoms with Crippen LogP contribution in [-0.2, 0) is 12.0 Å². The van der Waals surface area contributed by atoms with E-state index in [1.807, 2.05) is 37.3 Å². The Hall–Kier alpha value is -1.89. The Bertz CT molecular complexity index is 1030. The summed E-state index contributed by atoms with van der Waals surface area (Å²) >= 11 is 2.98. The smallest absolute Gasteiger partial charge is 0.177 e. The van der Waals surface area contributed by atoms with Crippen molar-refractivity contribution in [3.8, 4) is 0 Å². The lowest BCUT2D eigenvalue weighted by molar-refractivity contribution is 0.0997. The zero-order valence-corrected chi connectivity index (χ0v) is 17.7. The molecule has 146 valence electrons. The summed E-state index contributed by atoms with van der Waals surface area (Å²) in [4.78, 5) is 18.0. The highest BCUT2D eigenvalue weighted by Gasteiger charge is 2.32. The van der Waals surface area contributed by atoms with Crippen LogP contribution in [0.4, 0.5) is 4.39 Å². The highest BCUT2D eigenvalue weighted by atomic mass is 35.5. The first-order chi connectivity index (χ1) is 12.9. The van der Waals surface area contributed by atoms with E-state index in [4.69, 9.17) is 5.73 Å². The van der Waals surface area contributed by atoms with Crippen molar-refractivity contribution in [1.29, 1.82) is 0 Å². The maximum Gasteiger partial charge on any atom is 0.177 e. The zero-order valence-electron chi connectivity index (χ0n) is 15.3. The van der Waals surface area contributed by atoms with Gasteiger partial charge in [0.05, 0.1) is 10.4 Å². The molecule has 0 spiro atoms. The minimum absolute atomic E-state index is 0. The van der Waals surface area contributed by atoms with Crippen LogP contribution in [0.15, 0.2) is 53.5 Å². The quantitative estimate of drug-likeness (QED) is 0.547. The van der Waals surface area contributed by atoms with Gasteiger partial charge in [-0.3, -0.25) is 9.79 Å². The number of fused-ring (bicyclic) bond motifs is 1. The van der Waals surface area contributed by atoms with Gasteiger partial charge in [0.1, 0.15) is 5.82 Å². The molecule has 1 aliphatic heterocycles. The Morgan fingerprint density at radius 1 is 1.25 bits per heavy atom. The molecule has 0 radical (unpaired) electrons. The second-order valence-electron chi connectivity index (χ2n) is 6.88. The molecule has 1 aliphatic rings. The molecule has 28 heavy (non-hydrogen) atoms. The summed E-state index contributed by atoms with van der Waals surface area (Å²) in [7, 11) is 0. The molecule has 2 heterocycles. The third-order valence-electron chi connectivity index (χ3n) is 4.87. The SMILES string of the molecule is C[C@@]1(c2cc(CC(=O)c3cc4ccccc4s3)ccc2F)CCSC(N)=N1.Cl. The molecule has 7 heteroatoms. The lowest BCUT2D eigenvalue weighted by atomic mass is 9.87. The van der Waals surface area contributed by atoms with E-state index in [1.165, 1.54) is 29.2 Å². The van der Waals surface area contributed by atoms with Gasteiger partial charge >= 0.3 is 0 Å². The fourth-order valence-corrected chi connectivity index (χ4v) is 5.34. The summed E-state index contributed by atoms with van der Waals surface area (Å²) in [5, 5.41) is 1.55. The van der Waals surface area contributed by atoms with Gasteiger partial charge in [-0.1, -0.05) is 36.0 Å². The number of rotatable bonds is 4. The van der Waals surface area contributed by atoms with Crippen molar-refractivity contribution in [2.24, 2.45) is 10.7 Å². The van der Waals surface area contributed by atoms with Crippen LogP contribution < -0.4 is 5.73 Å². The number of ketones is 1. The zero-order chi connectivity index (χ0) is 19.0. The maximum absolute atomic E-state index is 14.5. The number of thioether (sulfide) groups is 1. The van der Waals surface area contributed by atoms with Crippen molar-refractivity contribution >= 4 is 56.5 Å². The Morgan fingerprint density at radius 3 is 2.79 bits per heavy atom. The maximum atomic E-state index is 14.5. The molecule has 3 aromatic rings. The van der Waals surface area contributed by atoms with E-state index < -0.39 is 5.54 Å². The number of aliphatic imine (C=N–C) groups is 1. The number of Topliss-reactive ketones (excluding diaryl/α,β-unsaturated/α-hetero) is 1. The van der Waals surface area contributed by atoms with E-state index in [2.05, 4.69) is 4.99 Å². The first kappa shape index (κ1) is 20.8. The highest BCUT2D eigenvalue weighted by Crippen LogP contribution is 2.37. The van der Waals surface area contributed by atoms with Crippen molar-refractivity contribution in [3.63, 3.8) is 0 Å². The summed E-state index contributed by atoms with van der Waals surface area (Å²) in [6.45, 7) is 1.90. The number of nitrogens with zero attached hydrogens (tertiary/aromatic N) is 1. The van der Waals surface area contributed by atoms with E-state index in [1.54, 1.807) is 12.1 Å². The minimum Gasteiger partial charge on any atom is -0.379 e. The van der Waals surface area contributed by atoms with Gasteiger partial charge in [0, 0.05) is 22.4 Å². The molecule has 0 bridgehead atoms. The molecule has 0 saturated heterocycles. The van der Waals surface area contributed by atoms with E-state index >= 15 is 0 Å². The normalized spacial score (nSPS) is 19.1. The van der Waals surface area contributed by atoms with Gasteiger partial charge in [-0.05, 0) is 48.6 Å². The predicted molar refractivity (Wildman–Crippen MR) is 120 cm³/mol. The van der Waals surface area contributed by atoms with Crippen LogP contribution in [0.1, 0.15) is 34.1 Å². The summed E-state index contributed by atoms with van der Waals surface area (Å²) in [6.07, 6.45) is 0.952. The van der Waals surface area contributed by atoms with Crippen LogP contribution in [0.5, 0.6) is 0 Å². The molecule has 0 amide bonds. The average Bonchev–Trinajstić information content (AvgIpc) is 3.07. The van der Waals surface area contributed by atoms with Crippen LogP contribution in [0.2, 0.25) is 0 Å².